The minimum absolute atomic E-state index is 0.810. The van der Waals surface area contributed by atoms with E-state index >= 15 is 0 Å². The number of hydrogen-bond acceptors (Lipinski definition) is 2. The molecule has 3 aliphatic carbocycles. The molecular weight excluding hydrogens is 226 g/mol. The molecule has 17 heavy (non-hydrogen) atoms. The molecule has 0 saturated heterocycles. The van der Waals surface area contributed by atoms with Crippen LogP contribution in [0.5, 0.6) is 0 Å². The Hall–Kier alpha value is 0.0500. The van der Waals surface area contributed by atoms with Gasteiger partial charge in [-0.2, -0.15) is 11.8 Å². The molecule has 0 heterocycles. The summed E-state index contributed by atoms with van der Waals surface area (Å²) < 4.78 is 0. The average molecular weight is 251 g/mol. The lowest BCUT2D eigenvalue weighted by Gasteiger charge is -2.30. The van der Waals surface area contributed by atoms with Crippen LogP contribution >= 0.6 is 11.8 Å². The normalized spacial score (nSPS) is 44.4. The molecule has 3 rings (SSSR count). The van der Waals surface area contributed by atoms with Crippen molar-refractivity contribution in [1.29, 1.82) is 0 Å². The molecule has 2 fully saturated rings. The standard InChI is InChI=1S/C15H25NS/c1-17-15-4-2-3-14(9-15)16-10-13-8-11-5-6-12(13)7-11/h5-6,11-16H,2-4,7-10H2,1H3. The van der Waals surface area contributed by atoms with Crippen LogP contribution in [-0.4, -0.2) is 24.1 Å². The van der Waals surface area contributed by atoms with Crippen LogP contribution < -0.4 is 5.32 Å². The van der Waals surface area contributed by atoms with E-state index in [1.54, 1.807) is 0 Å². The number of allylic oxidation sites excluding steroid dienone is 2. The summed E-state index contributed by atoms with van der Waals surface area (Å²) in [5.74, 6) is 2.78. The van der Waals surface area contributed by atoms with E-state index in [4.69, 9.17) is 0 Å². The molecule has 0 aromatic rings. The number of hydrogen-bond donors (Lipinski definition) is 1. The predicted octanol–water partition coefficient (Wildman–Crippen LogP) is 3.46. The number of fused-ring (bicyclic) bond motifs is 2. The zero-order valence-corrected chi connectivity index (χ0v) is 11.7. The lowest BCUT2D eigenvalue weighted by molar-refractivity contribution is 0.332. The van der Waals surface area contributed by atoms with E-state index < -0.39 is 0 Å². The highest BCUT2D eigenvalue weighted by Gasteiger charge is 2.35. The van der Waals surface area contributed by atoms with Crippen LogP contribution in [0.4, 0.5) is 0 Å². The van der Waals surface area contributed by atoms with Crippen LogP contribution in [0.15, 0.2) is 12.2 Å². The molecule has 0 aromatic heterocycles. The quantitative estimate of drug-likeness (QED) is 0.768. The molecule has 1 N–H and O–H groups in total. The van der Waals surface area contributed by atoms with E-state index in [2.05, 4.69) is 35.5 Å². The summed E-state index contributed by atoms with van der Waals surface area (Å²) in [6.45, 7) is 1.28. The smallest absolute Gasteiger partial charge is 0.00777 e. The number of rotatable bonds is 4. The van der Waals surface area contributed by atoms with Gasteiger partial charge in [0, 0.05) is 11.3 Å². The topological polar surface area (TPSA) is 12.0 Å². The van der Waals surface area contributed by atoms with E-state index in [0.29, 0.717) is 0 Å². The van der Waals surface area contributed by atoms with Crippen molar-refractivity contribution in [1.82, 2.24) is 5.32 Å². The van der Waals surface area contributed by atoms with Gasteiger partial charge in [-0.1, -0.05) is 18.6 Å². The highest BCUT2D eigenvalue weighted by molar-refractivity contribution is 7.99. The van der Waals surface area contributed by atoms with Crippen molar-refractivity contribution in [2.45, 2.75) is 49.8 Å². The molecule has 0 aliphatic heterocycles. The van der Waals surface area contributed by atoms with Crippen molar-refractivity contribution in [3.8, 4) is 0 Å². The zero-order valence-electron chi connectivity index (χ0n) is 10.9. The van der Waals surface area contributed by atoms with E-state index in [1.165, 1.54) is 45.1 Å². The van der Waals surface area contributed by atoms with Crippen molar-refractivity contribution >= 4 is 11.8 Å². The van der Waals surface area contributed by atoms with Gasteiger partial charge in [0.2, 0.25) is 0 Å². The molecule has 2 heteroatoms. The summed E-state index contributed by atoms with van der Waals surface area (Å²) in [6, 6.07) is 0.810. The van der Waals surface area contributed by atoms with Crippen LogP contribution in [0.3, 0.4) is 0 Å². The molecule has 0 amide bonds. The van der Waals surface area contributed by atoms with Crippen molar-refractivity contribution in [3.05, 3.63) is 12.2 Å². The van der Waals surface area contributed by atoms with Gasteiger partial charge in [-0.25, -0.2) is 0 Å². The average Bonchev–Trinajstić information content (AvgIpc) is 2.99. The molecule has 1 nitrogen and oxygen atoms in total. The Labute approximate surface area is 110 Å². The summed E-state index contributed by atoms with van der Waals surface area (Å²) in [5, 5.41) is 4.78. The Bertz CT molecular complexity index is 289. The minimum atomic E-state index is 0.810. The fourth-order valence-corrected chi connectivity index (χ4v) is 4.82. The first-order valence-electron chi connectivity index (χ1n) is 7.29. The third kappa shape index (κ3) is 2.73. The van der Waals surface area contributed by atoms with Gasteiger partial charge in [0.05, 0.1) is 0 Å². The molecule has 5 unspecified atom stereocenters. The summed E-state index contributed by atoms with van der Waals surface area (Å²) in [4.78, 5) is 0. The monoisotopic (exact) mass is 251 g/mol. The number of thioether (sulfide) groups is 1. The van der Waals surface area contributed by atoms with Gasteiger partial charge in [-0.3, -0.25) is 0 Å². The van der Waals surface area contributed by atoms with Crippen molar-refractivity contribution in [2.24, 2.45) is 17.8 Å². The summed E-state index contributed by atoms with van der Waals surface area (Å²) in [7, 11) is 0. The number of nitrogens with one attached hydrogen (secondary N) is 1. The second-order valence-electron chi connectivity index (χ2n) is 6.17. The van der Waals surface area contributed by atoms with Crippen molar-refractivity contribution < 1.29 is 0 Å². The largest absolute Gasteiger partial charge is 0.314 e. The lowest BCUT2D eigenvalue weighted by Crippen LogP contribution is -2.38. The first-order valence-corrected chi connectivity index (χ1v) is 8.58. The maximum atomic E-state index is 3.87. The second kappa shape index (κ2) is 5.36. The van der Waals surface area contributed by atoms with Crippen LogP contribution in [-0.2, 0) is 0 Å². The van der Waals surface area contributed by atoms with Crippen LogP contribution in [0.25, 0.3) is 0 Å². The van der Waals surface area contributed by atoms with E-state index in [9.17, 15) is 0 Å². The Balaban J connectivity index is 1.43. The molecule has 0 radical (unpaired) electrons. The maximum Gasteiger partial charge on any atom is 0.00777 e. The summed E-state index contributed by atoms with van der Waals surface area (Å²) in [6.07, 6.45) is 15.8. The highest BCUT2D eigenvalue weighted by Crippen LogP contribution is 2.43. The fraction of sp³-hybridized carbons (Fsp3) is 0.867. The molecule has 2 bridgehead atoms. The third-order valence-electron chi connectivity index (χ3n) is 5.04. The van der Waals surface area contributed by atoms with Gasteiger partial charge in [0.1, 0.15) is 0 Å². The second-order valence-corrected chi connectivity index (χ2v) is 7.31. The molecule has 3 aliphatic rings. The Morgan fingerprint density at radius 1 is 1.18 bits per heavy atom. The molecule has 0 aromatic carbocycles. The fourth-order valence-electron chi connectivity index (χ4n) is 3.99. The highest BCUT2D eigenvalue weighted by atomic mass is 32.2. The molecule has 0 spiro atoms. The van der Waals surface area contributed by atoms with Crippen molar-refractivity contribution in [2.75, 3.05) is 12.8 Å². The predicted molar refractivity (Wildman–Crippen MR) is 76.4 cm³/mol. The molecule has 96 valence electrons. The van der Waals surface area contributed by atoms with Gasteiger partial charge < -0.3 is 5.32 Å². The molecular formula is C15H25NS. The van der Waals surface area contributed by atoms with Crippen LogP contribution in [0, 0.1) is 17.8 Å². The van der Waals surface area contributed by atoms with Crippen molar-refractivity contribution in [3.63, 3.8) is 0 Å². The summed E-state index contributed by atoms with van der Waals surface area (Å²) >= 11 is 2.07. The zero-order chi connectivity index (χ0) is 11.7. The molecule has 5 atom stereocenters. The third-order valence-corrected chi connectivity index (χ3v) is 6.14. The Morgan fingerprint density at radius 2 is 2.12 bits per heavy atom. The van der Waals surface area contributed by atoms with E-state index in [0.717, 1.165) is 29.0 Å². The van der Waals surface area contributed by atoms with E-state index in [1.807, 2.05) is 0 Å². The Morgan fingerprint density at radius 3 is 2.82 bits per heavy atom. The lowest BCUT2D eigenvalue weighted by atomic mass is 9.91. The molecule has 2 saturated carbocycles. The first kappa shape index (κ1) is 12.1. The van der Waals surface area contributed by atoms with Gasteiger partial charge in [-0.15, -0.1) is 0 Å². The SMILES string of the molecule is CSC1CCCC(NCC2CC3C=CC2C3)C1. The van der Waals surface area contributed by atoms with Gasteiger partial charge >= 0.3 is 0 Å². The van der Waals surface area contributed by atoms with Gasteiger partial charge in [0.15, 0.2) is 0 Å². The summed E-state index contributed by atoms with van der Waals surface area (Å²) in [5.41, 5.74) is 0. The maximum absolute atomic E-state index is 3.87. The van der Waals surface area contributed by atoms with Crippen LogP contribution in [0.1, 0.15) is 38.5 Å². The van der Waals surface area contributed by atoms with Gasteiger partial charge in [-0.05, 0) is 62.7 Å². The van der Waals surface area contributed by atoms with E-state index in [-0.39, 0.29) is 0 Å². The van der Waals surface area contributed by atoms with Gasteiger partial charge in [0.25, 0.3) is 0 Å². The first-order chi connectivity index (χ1) is 8.35. The van der Waals surface area contributed by atoms with Crippen LogP contribution in [0.2, 0.25) is 0 Å². The minimum Gasteiger partial charge on any atom is -0.314 e. The Kier molecular flexibility index (Phi) is 3.81.